The number of hydrogen-bond acceptors (Lipinski definition) is 1. The highest BCUT2D eigenvalue weighted by Gasteiger charge is 2.09. The topological polar surface area (TPSA) is 20.2 Å². The van der Waals surface area contributed by atoms with Crippen LogP contribution < -0.4 is 0 Å². The van der Waals surface area contributed by atoms with Crippen molar-refractivity contribution in [3.8, 4) is 0 Å². The van der Waals surface area contributed by atoms with Gasteiger partial charge in [0.2, 0.25) is 8.32 Å². The van der Waals surface area contributed by atoms with Gasteiger partial charge in [-0.2, -0.15) is 0 Å². The van der Waals surface area contributed by atoms with Crippen molar-refractivity contribution in [2.24, 2.45) is 0 Å². The van der Waals surface area contributed by atoms with E-state index in [0.29, 0.717) is 0 Å². The van der Waals surface area contributed by atoms with Gasteiger partial charge in [-0.15, -0.1) is 0 Å². The number of rotatable bonds is 2. The molecule has 0 spiro atoms. The fraction of sp³-hybridized carbons (Fsp3) is 0.667. The van der Waals surface area contributed by atoms with Crippen LogP contribution in [0.5, 0.6) is 0 Å². The molecule has 0 aromatic carbocycles. The molecule has 1 nitrogen and oxygen atoms in total. The molecular weight excluding hydrogens is 116 g/mol. The standard InChI is InChI=1S/C6H14OSi/c1-4-5-6-8(2,3)7/h5-7H,4H2,1-3H3/b6-5+. The molecular formula is C6H14OSi. The molecule has 0 saturated heterocycles. The van der Waals surface area contributed by atoms with Crippen LogP contribution in [0.4, 0.5) is 0 Å². The Morgan fingerprint density at radius 2 is 2.00 bits per heavy atom. The fourth-order valence-electron chi connectivity index (χ4n) is 0.406. The van der Waals surface area contributed by atoms with Crippen LogP contribution in [-0.4, -0.2) is 13.1 Å². The van der Waals surface area contributed by atoms with Crippen molar-refractivity contribution in [3.05, 3.63) is 11.8 Å². The van der Waals surface area contributed by atoms with E-state index in [9.17, 15) is 4.80 Å². The molecule has 0 fully saturated rings. The second kappa shape index (κ2) is 3.05. The molecule has 8 heavy (non-hydrogen) atoms. The zero-order chi connectivity index (χ0) is 6.62. The Hall–Kier alpha value is -0.0831. The molecule has 0 rings (SSSR count). The summed E-state index contributed by atoms with van der Waals surface area (Å²) < 4.78 is 0. The van der Waals surface area contributed by atoms with Gasteiger partial charge in [0.1, 0.15) is 0 Å². The van der Waals surface area contributed by atoms with Crippen LogP contribution in [0, 0.1) is 0 Å². The molecule has 0 amide bonds. The largest absolute Gasteiger partial charge is 0.428 e. The van der Waals surface area contributed by atoms with Crippen LogP contribution in [0.1, 0.15) is 13.3 Å². The third-order valence-electron chi connectivity index (χ3n) is 0.761. The molecule has 0 aromatic heterocycles. The van der Waals surface area contributed by atoms with E-state index in [4.69, 9.17) is 0 Å². The van der Waals surface area contributed by atoms with Crippen LogP contribution in [0.25, 0.3) is 0 Å². The summed E-state index contributed by atoms with van der Waals surface area (Å²) in [5.41, 5.74) is 1.94. The summed E-state index contributed by atoms with van der Waals surface area (Å²) in [6.07, 6.45) is 3.04. The quantitative estimate of drug-likeness (QED) is 0.564. The molecule has 0 atom stereocenters. The lowest BCUT2D eigenvalue weighted by molar-refractivity contribution is 0.567. The van der Waals surface area contributed by atoms with Gasteiger partial charge in [-0.05, 0) is 19.5 Å². The highest BCUT2D eigenvalue weighted by molar-refractivity contribution is 6.74. The summed E-state index contributed by atoms with van der Waals surface area (Å²) >= 11 is 0. The fourth-order valence-corrected chi connectivity index (χ4v) is 1.22. The predicted molar refractivity (Wildman–Crippen MR) is 39.1 cm³/mol. The Morgan fingerprint density at radius 1 is 1.50 bits per heavy atom. The van der Waals surface area contributed by atoms with Gasteiger partial charge in [0.05, 0.1) is 0 Å². The van der Waals surface area contributed by atoms with E-state index in [0.717, 1.165) is 6.42 Å². The smallest absolute Gasteiger partial charge is 0.206 e. The second-order valence-electron chi connectivity index (χ2n) is 2.46. The zero-order valence-electron chi connectivity index (χ0n) is 5.81. The summed E-state index contributed by atoms with van der Waals surface area (Å²) in [5.74, 6) is 0. The van der Waals surface area contributed by atoms with Gasteiger partial charge in [0, 0.05) is 0 Å². The van der Waals surface area contributed by atoms with Crippen molar-refractivity contribution < 1.29 is 4.80 Å². The first-order valence-electron chi connectivity index (χ1n) is 2.96. The molecule has 0 aliphatic carbocycles. The van der Waals surface area contributed by atoms with E-state index in [1.807, 2.05) is 24.9 Å². The summed E-state index contributed by atoms with van der Waals surface area (Å²) in [6, 6.07) is 0. The van der Waals surface area contributed by atoms with Gasteiger partial charge < -0.3 is 4.80 Å². The van der Waals surface area contributed by atoms with E-state index in [1.165, 1.54) is 0 Å². The van der Waals surface area contributed by atoms with E-state index in [2.05, 4.69) is 6.92 Å². The van der Waals surface area contributed by atoms with Crippen LogP contribution in [0.2, 0.25) is 13.1 Å². The Balaban J connectivity index is 3.52. The minimum atomic E-state index is -1.86. The van der Waals surface area contributed by atoms with Crippen molar-refractivity contribution in [2.75, 3.05) is 0 Å². The van der Waals surface area contributed by atoms with Gasteiger partial charge in [0.15, 0.2) is 0 Å². The zero-order valence-corrected chi connectivity index (χ0v) is 6.81. The minimum Gasteiger partial charge on any atom is -0.428 e. The predicted octanol–water partition coefficient (Wildman–Crippen LogP) is 1.69. The highest BCUT2D eigenvalue weighted by atomic mass is 28.4. The van der Waals surface area contributed by atoms with Crippen LogP contribution in [-0.2, 0) is 0 Å². The molecule has 0 radical (unpaired) electrons. The van der Waals surface area contributed by atoms with Gasteiger partial charge in [-0.25, -0.2) is 0 Å². The summed E-state index contributed by atoms with van der Waals surface area (Å²) in [4.78, 5) is 9.20. The van der Waals surface area contributed by atoms with E-state index in [1.54, 1.807) is 0 Å². The Bertz CT molecular complexity index is 81.0. The first-order valence-corrected chi connectivity index (χ1v) is 5.99. The lowest BCUT2D eigenvalue weighted by atomic mass is 10.5. The van der Waals surface area contributed by atoms with Crippen molar-refractivity contribution >= 4 is 8.32 Å². The van der Waals surface area contributed by atoms with Gasteiger partial charge in [-0.1, -0.05) is 18.7 Å². The van der Waals surface area contributed by atoms with Crippen LogP contribution in [0.15, 0.2) is 11.8 Å². The molecule has 0 saturated carbocycles. The molecule has 0 heterocycles. The summed E-state index contributed by atoms with van der Waals surface area (Å²) in [7, 11) is -1.86. The molecule has 0 unspecified atom stereocenters. The Kier molecular flexibility index (Phi) is 3.01. The van der Waals surface area contributed by atoms with Gasteiger partial charge >= 0.3 is 0 Å². The molecule has 48 valence electrons. The molecule has 0 aliphatic heterocycles. The lowest BCUT2D eigenvalue weighted by Crippen LogP contribution is -2.21. The maximum Gasteiger partial charge on any atom is 0.206 e. The minimum absolute atomic E-state index is 1.02. The average molecular weight is 130 g/mol. The second-order valence-corrected chi connectivity index (χ2v) is 6.10. The lowest BCUT2D eigenvalue weighted by Gasteiger charge is -2.04. The highest BCUT2D eigenvalue weighted by Crippen LogP contribution is 1.97. The van der Waals surface area contributed by atoms with Crippen molar-refractivity contribution in [1.82, 2.24) is 0 Å². The first kappa shape index (κ1) is 7.92. The monoisotopic (exact) mass is 130 g/mol. The van der Waals surface area contributed by atoms with Crippen LogP contribution in [0.3, 0.4) is 0 Å². The molecule has 0 aromatic rings. The van der Waals surface area contributed by atoms with Crippen molar-refractivity contribution in [1.29, 1.82) is 0 Å². The third-order valence-corrected chi connectivity index (χ3v) is 1.81. The number of allylic oxidation sites excluding steroid dienone is 1. The average Bonchev–Trinajstić information content (AvgIpc) is 1.59. The van der Waals surface area contributed by atoms with E-state index < -0.39 is 8.32 Å². The van der Waals surface area contributed by atoms with E-state index >= 15 is 0 Å². The Labute approximate surface area is 52.2 Å². The molecule has 0 aliphatic rings. The molecule has 0 bridgehead atoms. The molecule has 1 N–H and O–H groups in total. The normalized spacial score (nSPS) is 13.0. The number of hydrogen-bond donors (Lipinski definition) is 1. The maximum atomic E-state index is 9.20. The molecule has 2 heteroatoms. The Morgan fingerprint density at radius 3 is 2.12 bits per heavy atom. The van der Waals surface area contributed by atoms with Crippen LogP contribution >= 0.6 is 0 Å². The first-order chi connectivity index (χ1) is 3.56. The SMILES string of the molecule is CC/C=C/[Si](C)(C)O. The van der Waals surface area contributed by atoms with Crippen molar-refractivity contribution in [3.63, 3.8) is 0 Å². The third kappa shape index (κ3) is 5.92. The van der Waals surface area contributed by atoms with Gasteiger partial charge in [-0.3, -0.25) is 0 Å². The van der Waals surface area contributed by atoms with E-state index in [-0.39, 0.29) is 0 Å². The summed E-state index contributed by atoms with van der Waals surface area (Å²) in [6.45, 7) is 5.87. The maximum absolute atomic E-state index is 9.20. The van der Waals surface area contributed by atoms with Gasteiger partial charge in [0.25, 0.3) is 0 Å². The summed E-state index contributed by atoms with van der Waals surface area (Å²) in [5, 5.41) is 0. The van der Waals surface area contributed by atoms with Crippen molar-refractivity contribution in [2.45, 2.75) is 26.4 Å².